The van der Waals surface area contributed by atoms with E-state index in [-0.39, 0.29) is 36.0 Å². The van der Waals surface area contributed by atoms with Crippen LogP contribution in [-0.4, -0.2) is 52.1 Å². The molecule has 2 aromatic rings. The molecule has 10 heteroatoms. The van der Waals surface area contributed by atoms with E-state index >= 15 is 0 Å². The SMILES string of the molecule is CCC(c1cccs1)N1C(=O)[C@H]2CN(S(=O)(=O)c3cn(C)cn3)C[C@H]2C1=O. The summed E-state index contributed by atoms with van der Waals surface area (Å²) in [6.07, 6.45) is 3.46. The summed E-state index contributed by atoms with van der Waals surface area (Å²) in [5.74, 6) is -1.79. The summed E-state index contributed by atoms with van der Waals surface area (Å²) < 4.78 is 28.3. The van der Waals surface area contributed by atoms with Crippen molar-refractivity contribution in [2.45, 2.75) is 24.4 Å². The lowest BCUT2D eigenvalue weighted by Gasteiger charge is -2.26. The van der Waals surface area contributed by atoms with Crippen molar-refractivity contribution in [3.05, 3.63) is 34.9 Å². The lowest BCUT2D eigenvalue weighted by Crippen LogP contribution is -2.39. The van der Waals surface area contributed by atoms with Gasteiger partial charge in [0.2, 0.25) is 11.8 Å². The van der Waals surface area contributed by atoms with Crippen molar-refractivity contribution < 1.29 is 18.0 Å². The van der Waals surface area contributed by atoms with Crippen LogP contribution < -0.4 is 0 Å². The highest BCUT2D eigenvalue weighted by Crippen LogP contribution is 2.41. The van der Waals surface area contributed by atoms with Crippen molar-refractivity contribution >= 4 is 33.2 Å². The summed E-state index contributed by atoms with van der Waals surface area (Å²) in [6, 6.07) is 3.54. The Hall–Kier alpha value is -2.04. The summed E-state index contributed by atoms with van der Waals surface area (Å²) in [5, 5.41) is 1.86. The van der Waals surface area contributed by atoms with Crippen LogP contribution in [0.15, 0.2) is 35.1 Å². The highest BCUT2D eigenvalue weighted by Gasteiger charge is 2.56. The second kappa shape index (κ2) is 6.54. The number of hydrogen-bond acceptors (Lipinski definition) is 6. The van der Waals surface area contributed by atoms with E-state index in [9.17, 15) is 18.0 Å². The van der Waals surface area contributed by atoms with E-state index in [0.29, 0.717) is 6.42 Å². The second-order valence-corrected chi connectivity index (χ2v) is 9.76. The van der Waals surface area contributed by atoms with E-state index in [1.54, 1.807) is 11.6 Å². The Morgan fingerprint density at radius 1 is 1.26 bits per heavy atom. The van der Waals surface area contributed by atoms with E-state index in [0.717, 1.165) is 4.88 Å². The first-order valence-electron chi connectivity index (χ1n) is 8.73. The van der Waals surface area contributed by atoms with Crippen molar-refractivity contribution in [3.63, 3.8) is 0 Å². The van der Waals surface area contributed by atoms with Crippen LogP contribution in [0.2, 0.25) is 0 Å². The molecule has 0 radical (unpaired) electrons. The normalized spacial score (nSPS) is 24.6. The number of aryl methyl sites for hydroxylation is 1. The summed E-state index contributed by atoms with van der Waals surface area (Å²) in [7, 11) is -2.13. The topological polar surface area (TPSA) is 92.6 Å². The van der Waals surface area contributed by atoms with Crippen molar-refractivity contribution in [1.82, 2.24) is 18.8 Å². The molecule has 1 unspecified atom stereocenters. The van der Waals surface area contributed by atoms with E-state index in [1.807, 2.05) is 24.4 Å². The first kappa shape index (κ1) is 18.3. The Kier molecular flexibility index (Phi) is 4.44. The van der Waals surface area contributed by atoms with Crippen LogP contribution in [-0.2, 0) is 26.7 Å². The van der Waals surface area contributed by atoms with Gasteiger partial charge in [-0.3, -0.25) is 14.5 Å². The van der Waals surface area contributed by atoms with Gasteiger partial charge in [0.05, 0.1) is 24.2 Å². The summed E-state index contributed by atoms with van der Waals surface area (Å²) in [5.41, 5.74) is 0. The zero-order chi connectivity index (χ0) is 19.3. The van der Waals surface area contributed by atoms with Gasteiger partial charge in [-0.25, -0.2) is 13.4 Å². The first-order chi connectivity index (χ1) is 12.8. The predicted octanol–water partition coefficient (Wildman–Crippen LogP) is 1.24. The van der Waals surface area contributed by atoms with Gasteiger partial charge < -0.3 is 4.57 Å². The highest BCUT2D eigenvalue weighted by atomic mass is 32.2. The molecule has 0 saturated carbocycles. The van der Waals surface area contributed by atoms with Crippen LogP contribution in [0.1, 0.15) is 24.3 Å². The van der Waals surface area contributed by atoms with E-state index in [2.05, 4.69) is 4.98 Å². The lowest BCUT2D eigenvalue weighted by molar-refractivity contribution is -0.143. The predicted molar refractivity (Wildman–Crippen MR) is 98.2 cm³/mol. The molecular formula is C17H20N4O4S2. The Morgan fingerprint density at radius 3 is 2.41 bits per heavy atom. The van der Waals surface area contributed by atoms with Gasteiger partial charge in [0.1, 0.15) is 0 Å². The molecule has 0 spiro atoms. The third kappa shape index (κ3) is 2.82. The molecule has 0 aliphatic carbocycles. The maximum absolute atomic E-state index is 13.0. The largest absolute Gasteiger partial charge is 0.339 e. The van der Waals surface area contributed by atoms with E-state index in [4.69, 9.17) is 0 Å². The van der Waals surface area contributed by atoms with Gasteiger partial charge >= 0.3 is 0 Å². The minimum Gasteiger partial charge on any atom is -0.339 e. The van der Waals surface area contributed by atoms with Crippen LogP contribution in [0.4, 0.5) is 0 Å². The fourth-order valence-corrected chi connectivity index (χ4v) is 6.24. The molecule has 0 N–H and O–H groups in total. The number of imidazole rings is 1. The monoisotopic (exact) mass is 408 g/mol. The third-order valence-electron chi connectivity index (χ3n) is 5.25. The number of nitrogens with zero attached hydrogens (tertiary/aromatic N) is 4. The molecule has 3 atom stereocenters. The molecule has 4 rings (SSSR count). The van der Waals surface area contributed by atoms with Crippen molar-refractivity contribution in [1.29, 1.82) is 0 Å². The minimum absolute atomic E-state index is 0.0194. The quantitative estimate of drug-likeness (QED) is 0.694. The number of thiophene rings is 1. The molecule has 2 aromatic heterocycles. The molecule has 2 aliphatic rings. The molecule has 2 amide bonds. The molecule has 0 aromatic carbocycles. The molecular weight excluding hydrogens is 388 g/mol. The fraction of sp³-hybridized carbons (Fsp3) is 0.471. The van der Waals surface area contributed by atoms with Crippen LogP contribution in [0.3, 0.4) is 0 Å². The maximum atomic E-state index is 13.0. The van der Waals surface area contributed by atoms with Crippen LogP contribution in [0, 0.1) is 11.8 Å². The molecule has 2 saturated heterocycles. The first-order valence-corrected chi connectivity index (χ1v) is 11.0. The van der Waals surface area contributed by atoms with Crippen LogP contribution in [0.5, 0.6) is 0 Å². The molecule has 8 nitrogen and oxygen atoms in total. The number of hydrogen-bond donors (Lipinski definition) is 0. The number of likely N-dealkylation sites (tertiary alicyclic amines) is 1. The molecule has 2 aliphatic heterocycles. The van der Waals surface area contributed by atoms with E-state index in [1.165, 1.54) is 33.1 Å². The number of carbonyl (C=O) groups excluding carboxylic acids is 2. The van der Waals surface area contributed by atoms with Gasteiger partial charge in [0.15, 0.2) is 5.03 Å². The number of aromatic nitrogens is 2. The van der Waals surface area contributed by atoms with Crippen LogP contribution >= 0.6 is 11.3 Å². The molecule has 27 heavy (non-hydrogen) atoms. The Bertz CT molecular complexity index is 959. The van der Waals surface area contributed by atoms with Crippen molar-refractivity contribution in [2.75, 3.05) is 13.1 Å². The van der Waals surface area contributed by atoms with Crippen LogP contribution in [0.25, 0.3) is 0 Å². The number of amides is 2. The number of sulfonamides is 1. The molecule has 144 valence electrons. The second-order valence-electron chi connectivity index (χ2n) is 6.90. The molecule has 4 heterocycles. The average molecular weight is 409 g/mol. The van der Waals surface area contributed by atoms with Gasteiger partial charge in [-0.1, -0.05) is 13.0 Å². The zero-order valence-electron chi connectivity index (χ0n) is 15.0. The third-order valence-corrected chi connectivity index (χ3v) is 7.94. The van der Waals surface area contributed by atoms with Gasteiger partial charge in [-0.05, 0) is 17.9 Å². The summed E-state index contributed by atoms with van der Waals surface area (Å²) in [6.45, 7) is 1.98. The zero-order valence-corrected chi connectivity index (χ0v) is 16.6. The highest BCUT2D eigenvalue weighted by molar-refractivity contribution is 7.89. The standard InChI is InChI=1S/C17H20N4O4S2/c1-3-13(14-5-4-6-26-14)21-16(22)11-7-20(8-12(11)17(21)23)27(24,25)15-9-19(2)10-18-15/h4-6,9-13H,3,7-8H2,1-2H3/t11-,12+,13?. The average Bonchev–Trinajstić information content (AvgIpc) is 3.39. The smallest absolute Gasteiger partial charge is 0.262 e. The number of rotatable bonds is 5. The van der Waals surface area contributed by atoms with Gasteiger partial charge in [-0.2, -0.15) is 4.31 Å². The fourth-order valence-electron chi connectivity index (χ4n) is 3.88. The molecule has 2 fully saturated rings. The Morgan fingerprint density at radius 2 is 1.93 bits per heavy atom. The lowest BCUT2D eigenvalue weighted by atomic mass is 10.00. The number of imide groups is 1. The van der Waals surface area contributed by atoms with Crippen molar-refractivity contribution in [2.24, 2.45) is 18.9 Å². The van der Waals surface area contributed by atoms with Gasteiger partial charge in [0.25, 0.3) is 10.0 Å². The summed E-state index contributed by atoms with van der Waals surface area (Å²) in [4.78, 5) is 32.2. The van der Waals surface area contributed by atoms with Crippen molar-refractivity contribution in [3.8, 4) is 0 Å². The minimum atomic E-state index is -3.81. The Labute approximate surface area is 161 Å². The van der Waals surface area contributed by atoms with Gasteiger partial charge in [-0.15, -0.1) is 11.3 Å². The maximum Gasteiger partial charge on any atom is 0.262 e. The Balaban J connectivity index is 1.58. The summed E-state index contributed by atoms with van der Waals surface area (Å²) >= 11 is 1.52. The molecule has 0 bridgehead atoms. The number of fused-ring (bicyclic) bond motifs is 1. The van der Waals surface area contributed by atoms with Gasteiger partial charge in [0, 0.05) is 31.2 Å². The number of carbonyl (C=O) groups is 2. The van der Waals surface area contributed by atoms with E-state index < -0.39 is 21.9 Å².